The van der Waals surface area contributed by atoms with E-state index in [0.29, 0.717) is 18.6 Å². The molecule has 1 saturated carbocycles. The summed E-state index contributed by atoms with van der Waals surface area (Å²) >= 11 is 0. The van der Waals surface area contributed by atoms with Crippen LogP contribution in [0.15, 0.2) is 24.3 Å². The molecule has 1 aliphatic rings. The molecule has 0 aliphatic heterocycles. The molecule has 1 unspecified atom stereocenters. The first-order chi connectivity index (χ1) is 9.65. The van der Waals surface area contributed by atoms with Crippen LogP contribution in [0.3, 0.4) is 0 Å². The zero-order valence-electron chi connectivity index (χ0n) is 12.4. The molecule has 1 fully saturated rings. The van der Waals surface area contributed by atoms with Crippen LogP contribution in [0.5, 0.6) is 5.75 Å². The van der Waals surface area contributed by atoms with E-state index >= 15 is 0 Å². The molecule has 0 saturated heterocycles. The fraction of sp³-hybridized carbons (Fsp3) is 0.562. The van der Waals surface area contributed by atoms with Gasteiger partial charge in [-0.3, -0.25) is 4.79 Å². The Morgan fingerprint density at radius 3 is 2.75 bits per heavy atom. The quantitative estimate of drug-likeness (QED) is 0.812. The van der Waals surface area contributed by atoms with E-state index in [-0.39, 0.29) is 12.0 Å². The number of carbonyl (C=O) groups excluding carboxylic acids is 1. The minimum Gasteiger partial charge on any atom is -0.496 e. The van der Waals surface area contributed by atoms with E-state index in [4.69, 9.17) is 9.47 Å². The van der Waals surface area contributed by atoms with Crippen molar-refractivity contribution in [2.75, 3.05) is 13.7 Å². The van der Waals surface area contributed by atoms with Gasteiger partial charge in [-0.1, -0.05) is 18.2 Å². The van der Waals surface area contributed by atoms with Crippen LogP contribution < -0.4 is 10.1 Å². The Kier molecular flexibility index (Phi) is 5.01. The van der Waals surface area contributed by atoms with Crippen molar-refractivity contribution in [2.24, 2.45) is 0 Å². The summed E-state index contributed by atoms with van der Waals surface area (Å²) in [5.41, 5.74) is 1.26. The normalized spacial score (nSPS) is 22.8. The van der Waals surface area contributed by atoms with E-state index < -0.39 is 0 Å². The number of ether oxygens (including phenoxy) is 2. The first kappa shape index (κ1) is 14.9. The Bertz CT molecular complexity index is 455. The Morgan fingerprint density at radius 1 is 1.40 bits per heavy atom. The van der Waals surface area contributed by atoms with Crippen molar-refractivity contribution < 1.29 is 14.3 Å². The molecule has 1 aromatic carbocycles. The number of hydrogen-bond acceptors (Lipinski definition) is 4. The largest absolute Gasteiger partial charge is 0.496 e. The van der Waals surface area contributed by atoms with Gasteiger partial charge >= 0.3 is 5.97 Å². The summed E-state index contributed by atoms with van der Waals surface area (Å²) in [5.74, 6) is 1.29. The lowest BCUT2D eigenvalue weighted by atomic mass is 9.75. The summed E-state index contributed by atoms with van der Waals surface area (Å²) in [4.78, 5) is 11.6. The highest BCUT2D eigenvalue weighted by Gasteiger charge is 2.33. The molecule has 1 atom stereocenters. The average molecular weight is 277 g/mol. The van der Waals surface area contributed by atoms with Crippen LogP contribution in [0, 0.1) is 0 Å². The van der Waals surface area contributed by atoms with Crippen molar-refractivity contribution in [3.8, 4) is 5.75 Å². The summed E-state index contributed by atoms with van der Waals surface area (Å²) in [5, 5.41) is 3.32. The van der Waals surface area contributed by atoms with Gasteiger partial charge < -0.3 is 14.8 Å². The molecule has 20 heavy (non-hydrogen) atoms. The minimum atomic E-state index is -0.237. The molecule has 0 heterocycles. The molecule has 1 aromatic rings. The molecule has 1 aliphatic carbocycles. The van der Waals surface area contributed by atoms with Crippen molar-refractivity contribution in [1.29, 1.82) is 0 Å². The lowest BCUT2D eigenvalue weighted by Gasteiger charge is -2.38. The molecule has 110 valence electrons. The van der Waals surface area contributed by atoms with Gasteiger partial charge in [0.05, 0.1) is 13.7 Å². The Morgan fingerprint density at radius 2 is 2.10 bits per heavy atom. The minimum absolute atomic E-state index is 0.173. The number of carbonyl (C=O) groups is 1. The molecule has 4 heteroatoms. The molecule has 2 rings (SSSR count). The Balaban J connectivity index is 1.84. The van der Waals surface area contributed by atoms with Crippen LogP contribution in [0.1, 0.15) is 38.2 Å². The maximum absolute atomic E-state index is 11.6. The van der Waals surface area contributed by atoms with Crippen molar-refractivity contribution in [1.82, 2.24) is 5.32 Å². The number of benzene rings is 1. The zero-order chi connectivity index (χ0) is 14.5. The number of esters is 1. The first-order valence-electron chi connectivity index (χ1n) is 7.21. The molecule has 0 bridgehead atoms. The number of methoxy groups -OCH3 is 1. The molecule has 0 spiro atoms. The number of nitrogens with one attached hydrogen (secondary N) is 1. The van der Waals surface area contributed by atoms with Gasteiger partial charge in [0, 0.05) is 6.04 Å². The third-order valence-electron chi connectivity index (χ3n) is 3.84. The van der Waals surface area contributed by atoms with Gasteiger partial charge in [0.25, 0.3) is 0 Å². The molecule has 0 amide bonds. The summed E-state index contributed by atoms with van der Waals surface area (Å²) < 4.78 is 10.4. The highest BCUT2D eigenvalue weighted by molar-refractivity contribution is 5.75. The topological polar surface area (TPSA) is 47.6 Å². The van der Waals surface area contributed by atoms with Gasteiger partial charge in [-0.25, -0.2) is 0 Å². The average Bonchev–Trinajstić information content (AvgIpc) is 2.42. The Hall–Kier alpha value is -1.55. The number of rotatable bonds is 6. The standard InChI is InChI=1S/C16H23NO3/c1-4-20-16(18)11(2)17-13-9-12(10-13)14-7-5-6-8-15(14)19-3/h5-8,11-13,17H,4,9-10H2,1-3H3. The second-order valence-corrected chi connectivity index (χ2v) is 5.25. The predicted octanol–water partition coefficient (Wildman–Crippen LogP) is 2.48. The van der Waals surface area contributed by atoms with Gasteiger partial charge in [0.2, 0.25) is 0 Å². The monoisotopic (exact) mass is 277 g/mol. The maximum Gasteiger partial charge on any atom is 0.322 e. The van der Waals surface area contributed by atoms with E-state index in [1.807, 2.05) is 32.0 Å². The van der Waals surface area contributed by atoms with Crippen molar-refractivity contribution in [3.05, 3.63) is 29.8 Å². The molecule has 0 aromatic heterocycles. The highest BCUT2D eigenvalue weighted by atomic mass is 16.5. The van der Waals surface area contributed by atoms with Crippen LogP contribution in [-0.4, -0.2) is 31.8 Å². The predicted molar refractivity (Wildman–Crippen MR) is 78.0 cm³/mol. The summed E-state index contributed by atoms with van der Waals surface area (Å²) in [6.07, 6.45) is 2.06. The van der Waals surface area contributed by atoms with E-state index in [2.05, 4.69) is 11.4 Å². The molecule has 4 nitrogen and oxygen atoms in total. The molecular weight excluding hydrogens is 254 g/mol. The molecule has 1 N–H and O–H groups in total. The van der Waals surface area contributed by atoms with E-state index in [9.17, 15) is 4.79 Å². The van der Waals surface area contributed by atoms with Crippen molar-refractivity contribution in [2.45, 2.75) is 44.7 Å². The van der Waals surface area contributed by atoms with Gasteiger partial charge in [0.1, 0.15) is 11.8 Å². The summed E-state index contributed by atoms with van der Waals surface area (Å²) in [7, 11) is 1.70. The molecular formula is C16H23NO3. The third kappa shape index (κ3) is 3.31. The van der Waals surface area contributed by atoms with Crippen LogP contribution in [0.25, 0.3) is 0 Å². The summed E-state index contributed by atoms with van der Waals surface area (Å²) in [6.45, 7) is 4.11. The van der Waals surface area contributed by atoms with Crippen LogP contribution in [-0.2, 0) is 9.53 Å². The van der Waals surface area contributed by atoms with Gasteiger partial charge in [-0.15, -0.1) is 0 Å². The van der Waals surface area contributed by atoms with Crippen LogP contribution in [0.4, 0.5) is 0 Å². The smallest absolute Gasteiger partial charge is 0.322 e. The van der Waals surface area contributed by atoms with Crippen molar-refractivity contribution in [3.63, 3.8) is 0 Å². The number of para-hydroxylation sites is 1. The number of hydrogen-bond donors (Lipinski definition) is 1. The van der Waals surface area contributed by atoms with E-state index in [1.165, 1.54) is 5.56 Å². The third-order valence-corrected chi connectivity index (χ3v) is 3.84. The lowest BCUT2D eigenvalue weighted by Crippen LogP contribution is -2.47. The summed E-state index contributed by atoms with van der Waals surface area (Å²) in [6, 6.07) is 8.29. The second kappa shape index (κ2) is 6.75. The lowest BCUT2D eigenvalue weighted by molar-refractivity contribution is -0.145. The van der Waals surface area contributed by atoms with Crippen molar-refractivity contribution >= 4 is 5.97 Å². The van der Waals surface area contributed by atoms with Gasteiger partial charge in [0.15, 0.2) is 0 Å². The van der Waals surface area contributed by atoms with Gasteiger partial charge in [-0.05, 0) is 44.2 Å². The van der Waals surface area contributed by atoms with Crippen LogP contribution >= 0.6 is 0 Å². The van der Waals surface area contributed by atoms with E-state index in [1.54, 1.807) is 7.11 Å². The second-order valence-electron chi connectivity index (χ2n) is 5.25. The fourth-order valence-corrected chi connectivity index (χ4v) is 2.70. The maximum atomic E-state index is 11.6. The highest BCUT2D eigenvalue weighted by Crippen LogP contribution is 2.41. The first-order valence-corrected chi connectivity index (χ1v) is 7.21. The fourth-order valence-electron chi connectivity index (χ4n) is 2.70. The van der Waals surface area contributed by atoms with Gasteiger partial charge in [-0.2, -0.15) is 0 Å². The zero-order valence-corrected chi connectivity index (χ0v) is 12.4. The SMILES string of the molecule is CCOC(=O)C(C)NC1CC(c2ccccc2OC)C1. The van der Waals surface area contributed by atoms with Crippen LogP contribution in [0.2, 0.25) is 0 Å². The Labute approximate surface area is 120 Å². The van der Waals surface area contributed by atoms with E-state index in [0.717, 1.165) is 18.6 Å². The molecule has 0 radical (unpaired) electrons.